The minimum absolute atomic E-state index is 0.152. The number of carbonyl (C=O) groups excluding carboxylic acids is 1. The molecule has 0 atom stereocenters. The van der Waals surface area contributed by atoms with Gasteiger partial charge in [-0.15, -0.1) is 0 Å². The van der Waals surface area contributed by atoms with Gasteiger partial charge in [0.1, 0.15) is 5.75 Å². The highest BCUT2D eigenvalue weighted by Crippen LogP contribution is 2.42. The predicted molar refractivity (Wildman–Crippen MR) is 86.3 cm³/mol. The maximum absolute atomic E-state index is 11.3. The molecule has 1 aliphatic carbocycles. The second kappa shape index (κ2) is 6.86. The Bertz CT molecular complexity index is 643. The maximum atomic E-state index is 11.3. The van der Waals surface area contributed by atoms with Gasteiger partial charge >= 0.3 is 5.97 Å². The fraction of sp³-hybridized carbons (Fsp3) is 0.500. The highest BCUT2D eigenvalue weighted by molar-refractivity contribution is 5.90. The van der Waals surface area contributed by atoms with Crippen molar-refractivity contribution >= 4 is 16.9 Å². The third-order valence-electron chi connectivity index (χ3n) is 4.33. The lowest BCUT2D eigenvalue weighted by atomic mass is 9.80. The van der Waals surface area contributed by atoms with Crippen LogP contribution in [0.5, 0.6) is 5.75 Å². The van der Waals surface area contributed by atoms with Gasteiger partial charge in [0, 0.05) is 23.5 Å². The van der Waals surface area contributed by atoms with Crippen molar-refractivity contribution in [3.8, 4) is 5.75 Å². The molecule has 0 bridgehead atoms. The summed E-state index contributed by atoms with van der Waals surface area (Å²) in [5.41, 5.74) is 2.51. The molecule has 4 nitrogen and oxygen atoms in total. The van der Waals surface area contributed by atoms with Crippen molar-refractivity contribution in [1.82, 2.24) is 4.98 Å². The van der Waals surface area contributed by atoms with Crippen LogP contribution in [0.1, 0.15) is 50.5 Å². The van der Waals surface area contributed by atoms with Gasteiger partial charge in [0.25, 0.3) is 0 Å². The fourth-order valence-electron chi connectivity index (χ4n) is 2.97. The number of benzene rings is 1. The van der Waals surface area contributed by atoms with E-state index in [9.17, 15) is 4.79 Å². The van der Waals surface area contributed by atoms with Gasteiger partial charge in [-0.25, -0.2) is 0 Å². The van der Waals surface area contributed by atoms with Crippen LogP contribution in [0.15, 0.2) is 24.4 Å². The average molecular weight is 301 g/mol. The van der Waals surface area contributed by atoms with E-state index in [2.05, 4.69) is 17.2 Å². The number of hydrogen-bond donors (Lipinski definition) is 1. The quantitative estimate of drug-likeness (QED) is 0.617. The van der Waals surface area contributed by atoms with E-state index in [1.54, 1.807) is 0 Å². The van der Waals surface area contributed by atoms with E-state index >= 15 is 0 Å². The molecule has 1 aliphatic rings. The van der Waals surface area contributed by atoms with Crippen LogP contribution in [-0.2, 0) is 9.53 Å². The van der Waals surface area contributed by atoms with Crippen molar-refractivity contribution in [2.24, 2.45) is 0 Å². The SMILES string of the molecule is CCOC(=O)CCCOc1cccc2[nH]cc(C3CCC3)c12. The summed E-state index contributed by atoms with van der Waals surface area (Å²) in [6.45, 7) is 2.79. The van der Waals surface area contributed by atoms with E-state index in [1.807, 2.05) is 19.1 Å². The Balaban J connectivity index is 1.65. The van der Waals surface area contributed by atoms with E-state index in [0.717, 1.165) is 11.3 Å². The number of H-pyrrole nitrogens is 1. The van der Waals surface area contributed by atoms with Gasteiger partial charge in [0.05, 0.1) is 13.2 Å². The molecule has 1 N–H and O–H groups in total. The maximum Gasteiger partial charge on any atom is 0.305 e. The van der Waals surface area contributed by atoms with Crippen molar-refractivity contribution in [1.29, 1.82) is 0 Å². The van der Waals surface area contributed by atoms with E-state index in [0.29, 0.717) is 32.0 Å². The van der Waals surface area contributed by atoms with Crippen molar-refractivity contribution in [3.05, 3.63) is 30.0 Å². The summed E-state index contributed by atoms with van der Waals surface area (Å²) in [6.07, 6.45) is 7.07. The molecule has 1 saturated carbocycles. The van der Waals surface area contributed by atoms with Gasteiger partial charge in [-0.05, 0) is 49.8 Å². The topological polar surface area (TPSA) is 51.3 Å². The van der Waals surface area contributed by atoms with Crippen LogP contribution >= 0.6 is 0 Å². The summed E-state index contributed by atoms with van der Waals surface area (Å²) >= 11 is 0. The van der Waals surface area contributed by atoms with Crippen LogP contribution in [0.25, 0.3) is 10.9 Å². The summed E-state index contributed by atoms with van der Waals surface area (Å²) in [6, 6.07) is 6.11. The molecule has 0 spiro atoms. The average Bonchev–Trinajstić information content (AvgIpc) is 2.87. The van der Waals surface area contributed by atoms with Crippen molar-refractivity contribution < 1.29 is 14.3 Å². The summed E-state index contributed by atoms with van der Waals surface area (Å²) < 4.78 is 10.9. The second-order valence-corrected chi connectivity index (χ2v) is 5.81. The van der Waals surface area contributed by atoms with E-state index in [-0.39, 0.29) is 5.97 Å². The lowest BCUT2D eigenvalue weighted by Crippen LogP contribution is -2.09. The summed E-state index contributed by atoms with van der Waals surface area (Å²) in [5.74, 6) is 1.43. The number of ether oxygens (including phenoxy) is 2. The number of carbonyl (C=O) groups is 1. The Morgan fingerprint density at radius 1 is 1.36 bits per heavy atom. The number of hydrogen-bond acceptors (Lipinski definition) is 3. The fourth-order valence-corrected chi connectivity index (χ4v) is 2.97. The number of rotatable bonds is 7. The van der Waals surface area contributed by atoms with Crippen LogP contribution in [0.2, 0.25) is 0 Å². The molecule has 1 aromatic heterocycles. The Morgan fingerprint density at radius 3 is 2.95 bits per heavy atom. The third kappa shape index (κ3) is 3.11. The standard InChI is InChI=1S/C18H23NO3/c1-2-21-17(20)10-5-11-22-16-9-4-8-15-18(16)14(12-19-15)13-6-3-7-13/h4,8-9,12-13,19H,2-3,5-7,10-11H2,1H3. The van der Waals surface area contributed by atoms with Gasteiger partial charge in [0.15, 0.2) is 0 Å². The van der Waals surface area contributed by atoms with Gasteiger partial charge < -0.3 is 14.5 Å². The predicted octanol–water partition coefficient (Wildman–Crippen LogP) is 4.16. The molecule has 0 radical (unpaired) electrons. The number of nitrogens with one attached hydrogen (secondary N) is 1. The molecule has 3 rings (SSSR count). The molecule has 2 aromatic rings. The van der Waals surface area contributed by atoms with Crippen LogP contribution in [-0.4, -0.2) is 24.2 Å². The van der Waals surface area contributed by atoms with Gasteiger partial charge in [-0.2, -0.15) is 0 Å². The molecule has 1 aromatic carbocycles. The Labute approximate surface area is 130 Å². The minimum atomic E-state index is -0.152. The second-order valence-electron chi connectivity index (χ2n) is 5.81. The zero-order chi connectivity index (χ0) is 15.4. The number of fused-ring (bicyclic) bond motifs is 1. The van der Waals surface area contributed by atoms with Gasteiger partial charge in [-0.1, -0.05) is 12.5 Å². The zero-order valence-corrected chi connectivity index (χ0v) is 13.1. The van der Waals surface area contributed by atoms with E-state index in [4.69, 9.17) is 9.47 Å². The Kier molecular flexibility index (Phi) is 4.66. The Hall–Kier alpha value is -1.97. The molecular weight excluding hydrogens is 278 g/mol. The number of aromatic amines is 1. The number of aromatic nitrogens is 1. The first-order chi connectivity index (χ1) is 10.8. The first kappa shape index (κ1) is 14.9. The van der Waals surface area contributed by atoms with Gasteiger partial charge in [-0.3, -0.25) is 4.79 Å². The minimum Gasteiger partial charge on any atom is -0.493 e. The molecule has 1 heterocycles. The van der Waals surface area contributed by atoms with Crippen LogP contribution in [0, 0.1) is 0 Å². The third-order valence-corrected chi connectivity index (χ3v) is 4.33. The van der Waals surface area contributed by atoms with Crippen LogP contribution < -0.4 is 4.74 Å². The summed E-state index contributed by atoms with van der Waals surface area (Å²) in [7, 11) is 0. The normalized spacial score (nSPS) is 14.8. The van der Waals surface area contributed by atoms with E-state index < -0.39 is 0 Å². The molecule has 22 heavy (non-hydrogen) atoms. The molecule has 0 amide bonds. The summed E-state index contributed by atoms with van der Waals surface area (Å²) in [4.78, 5) is 14.7. The first-order valence-corrected chi connectivity index (χ1v) is 8.18. The molecule has 4 heteroatoms. The lowest BCUT2D eigenvalue weighted by molar-refractivity contribution is -0.143. The van der Waals surface area contributed by atoms with Crippen molar-refractivity contribution in [2.75, 3.05) is 13.2 Å². The molecule has 0 saturated heterocycles. The van der Waals surface area contributed by atoms with Crippen LogP contribution in [0.4, 0.5) is 0 Å². The molecule has 0 unspecified atom stereocenters. The summed E-state index contributed by atoms with van der Waals surface area (Å²) in [5, 5.41) is 1.21. The molecular formula is C18H23NO3. The molecule has 0 aliphatic heterocycles. The zero-order valence-electron chi connectivity index (χ0n) is 13.1. The van der Waals surface area contributed by atoms with E-state index in [1.165, 1.54) is 30.2 Å². The van der Waals surface area contributed by atoms with Crippen LogP contribution in [0.3, 0.4) is 0 Å². The highest BCUT2D eigenvalue weighted by atomic mass is 16.5. The highest BCUT2D eigenvalue weighted by Gasteiger charge is 2.23. The van der Waals surface area contributed by atoms with Crippen molar-refractivity contribution in [3.63, 3.8) is 0 Å². The van der Waals surface area contributed by atoms with Crippen molar-refractivity contribution in [2.45, 2.75) is 44.9 Å². The molecule has 1 fully saturated rings. The molecule has 118 valence electrons. The smallest absolute Gasteiger partial charge is 0.305 e. The lowest BCUT2D eigenvalue weighted by Gasteiger charge is -2.25. The Morgan fingerprint density at radius 2 is 2.23 bits per heavy atom. The monoisotopic (exact) mass is 301 g/mol. The number of esters is 1. The first-order valence-electron chi connectivity index (χ1n) is 8.18. The largest absolute Gasteiger partial charge is 0.493 e. The van der Waals surface area contributed by atoms with Gasteiger partial charge in [0.2, 0.25) is 0 Å².